The first-order chi connectivity index (χ1) is 9.12. The van der Waals surface area contributed by atoms with E-state index in [-0.39, 0.29) is 12.1 Å². The van der Waals surface area contributed by atoms with E-state index in [2.05, 4.69) is 21.2 Å². The molecule has 0 saturated heterocycles. The number of aliphatic carboxylic acids is 1. The molecule has 0 unspecified atom stereocenters. The summed E-state index contributed by atoms with van der Waals surface area (Å²) in [5.41, 5.74) is 0.882. The molecule has 0 radical (unpaired) electrons. The second kappa shape index (κ2) is 6.21. The number of aryl methyl sites for hydroxylation is 1. The summed E-state index contributed by atoms with van der Waals surface area (Å²) in [6, 6.07) is 3.13. The molecule has 110 valence electrons. The normalized spacial score (nSPS) is 11.2. The first kappa shape index (κ1) is 16.4. The van der Waals surface area contributed by atoms with Crippen molar-refractivity contribution in [1.82, 2.24) is 0 Å². The van der Waals surface area contributed by atoms with Crippen LogP contribution in [0.2, 0.25) is 0 Å². The number of carboxylic acids is 1. The highest BCUT2D eigenvalue weighted by Crippen LogP contribution is 2.33. The number of hydrogen-bond donors (Lipinski definition) is 2. The second-order valence-electron chi connectivity index (χ2n) is 5.28. The van der Waals surface area contributed by atoms with Gasteiger partial charge in [-0.05, 0) is 49.2 Å². The van der Waals surface area contributed by atoms with E-state index in [1.807, 2.05) is 13.8 Å². The highest BCUT2D eigenvalue weighted by Gasteiger charge is 2.22. The maximum Gasteiger partial charge on any atom is 0.303 e. The van der Waals surface area contributed by atoms with Crippen molar-refractivity contribution < 1.29 is 14.8 Å². The minimum Gasteiger partial charge on any atom is -0.481 e. The van der Waals surface area contributed by atoms with E-state index >= 15 is 0 Å². The van der Waals surface area contributed by atoms with Crippen molar-refractivity contribution in [2.24, 2.45) is 0 Å². The minimum atomic E-state index is -0.848. The number of nitro groups is 1. The molecule has 0 aromatic heterocycles. The zero-order valence-corrected chi connectivity index (χ0v) is 13.2. The number of halogens is 1. The van der Waals surface area contributed by atoms with Crippen molar-refractivity contribution >= 4 is 33.3 Å². The van der Waals surface area contributed by atoms with Crippen molar-refractivity contribution in [2.75, 3.05) is 5.32 Å². The predicted molar refractivity (Wildman–Crippen MR) is 80.1 cm³/mol. The molecule has 6 nitrogen and oxygen atoms in total. The number of carbonyl (C=O) groups is 1. The van der Waals surface area contributed by atoms with Crippen LogP contribution < -0.4 is 5.32 Å². The molecule has 0 aliphatic carbocycles. The number of nitrogens with one attached hydrogen (secondary N) is 1. The molecule has 0 spiro atoms. The second-order valence-corrected chi connectivity index (χ2v) is 6.13. The van der Waals surface area contributed by atoms with Gasteiger partial charge in [0.25, 0.3) is 5.69 Å². The van der Waals surface area contributed by atoms with Crippen LogP contribution in [0.25, 0.3) is 0 Å². The fourth-order valence-electron chi connectivity index (χ4n) is 1.81. The molecule has 1 rings (SSSR count). The van der Waals surface area contributed by atoms with E-state index in [1.54, 1.807) is 13.0 Å². The molecular formula is C13H17BrN2O4. The summed E-state index contributed by atoms with van der Waals surface area (Å²) < 4.78 is 0.582. The van der Waals surface area contributed by atoms with Crippen molar-refractivity contribution in [3.8, 4) is 0 Å². The van der Waals surface area contributed by atoms with E-state index in [0.29, 0.717) is 22.1 Å². The van der Waals surface area contributed by atoms with Crippen LogP contribution in [-0.4, -0.2) is 21.5 Å². The van der Waals surface area contributed by atoms with Gasteiger partial charge in [-0.15, -0.1) is 0 Å². The molecule has 0 aliphatic heterocycles. The van der Waals surface area contributed by atoms with E-state index in [4.69, 9.17) is 5.11 Å². The number of rotatable bonds is 6. The highest BCUT2D eigenvalue weighted by molar-refractivity contribution is 9.10. The quantitative estimate of drug-likeness (QED) is 0.605. The maximum absolute atomic E-state index is 10.8. The Labute approximate surface area is 125 Å². The number of anilines is 1. The van der Waals surface area contributed by atoms with Crippen molar-refractivity contribution in [3.05, 3.63) is 32.3 Å². The molecule has 2 N–H and O–H groups in total. The molecular weight excluding hydrogens is 328 g/mol. The number of carboxylic acid groups (broad SMARTS) is 1. The Morgan fingerprint density at radius 3 is 2.60 bits per heavy atom. The van der Waals surface area contributed by atoms with Gasteiger partial charge in [0.1, 0.15) is 0 Å². The lowest BCUT2D eigenvalue weighted by Crippen LogP contribution is -2.31. The molecule has 0 fully saturated rings. The molecule has 20 heavy (non-hydrogen) atoms. The van der Waals surface area contributed by atoms with Crippen LogP contribution in [0.1, 0.15) is 32.3 Å². The lowest BCUT2D eigenvalue weighted by molar-refractivity contribution is -0.385. The van der Waals surface area contributed by atoms with Crippen LogP contribution in [0, 0.1) is 17.0 Å². The maximum atomic E-state index is 10.8. The largest absolute Gasteiger partial charge is 0.481 e. The molecule has 1 aromatic rings. The van der Waals surface area contributed by atoms with Crippen LogP contribution in [0.5, 0.6) is 0 Å². The monoisotopic (exact) mass is 344 g/mol. The Bertz CT molecular complexity index is 543. The fraction of sp³-hybridized carbons (Fsp3) is 0.462. The van der Waals surface area contributed by atoms with Gasteiger partial charge < -0.3 is 10.4 Å². The lowest BCUT2D eigenvalue weighted by atomic mass is 9.97. The molecule has 7 heteroatoms. The zero-order chi connectivity index (χ0) is 15.5. The van der Waals surface area contributed by atoms with Gasteiger partial charge in [0, 0.05) is 33.7 Å². The zero-order valence-electron chi connectivity index (χ0n) is 11.6. The van der Waals surface area contributed by atoms with E-state index in [0.717, 1.165) is 0 Å². The summed E-state index contributed by atoms with van der Waals surface area (Å²) in [6.07, 6.45) is 0.508. The summed E-state index contributed by atoms with van der Waals surface area (Å²) in [5.74, 6) is -0.848. The molecule has 0 amide bonds. The average Bonchev–Trinajstić information content (AvgIpc) is 2.30. The summed E-state index contributed by atoms with van der Waals surface area (Å²) in [7, 11) is 0. The minimum absolute atomic E-state index is 0.0470. The molecule has 1 aromatic carbocycles. The van der Waals surface area contributed by atoms with Gasteiger partial charge in [-0.2, -0.15) is 0 Å². The Kier molecular flexibility index (Phi) is 5.10. The van der Waals surface area contributed by atoms with Gasteiger partial charge in [-0.3, -0.25) is 14.9 Å². The number of hydrogen-bond acceptors (Lipinski definition) is 4. The standard InChI is InChI=1S/C13H17BrN2O4/c1-8-6-10(9(14)7-11(8)16(19)20)15-13(2,3)5-4-12(17)18/h6-7,15H,4-5H2,1-3H3,(H,17,18). The average molecular weight is 345 g/mol. The molecule has 0 saturated carbocycles. The van der Waals surface area contributed by atoms with Crippen molar-refractivity contribution in [2.45, 2.75) is 39.2 Å². The molecule has 0 atom stereocenters. The van der Waals surface area contributed by atoms with Crippen LogP contribution in [0.4, 0.5) is 11.4 Å². The first-order valence-corrected chi connectivity index (χ1v) is 6.86. The third kappa shape index (κ3) is 4.48. The number of nitro benzene ring substituents is 1. The van der Waals surface area contributed by atoms with Gasteiger partial charge in [0.2, 0.25) is 0 Å². The van der Waals surface area contributed by atoms with Crippen molar-refractivity contribution in [3.63, 3.8) is 0 Å². The van der Waals surface area contributed by atoms with E-state index in [1.165, 1.54) is 6.07 Å². The topological polar surface area (TPSA) is 92.5 Å². The fourth-order valence-corrected chi connectivity index (χ4v) is 2.24. The van der Waals surface area contributed by atoms with Gasteiger partial charge in [-0.1, -0.05) is 0 Å². The Balaban J connectivity index is 2.95. The van der Waals surface area contributed by atoms with Crippen LogP contribution >= 0.6 is 15.9 Å². The SMILES string of the molecule is Cc1cc(NC(C)(C)CCC(=O)O)c(Br)cc1[N+](=O)[O-]. The lowest BCUT2D eigenvalue weighted by Gasteiger charge is -2.27. The number of benzene rings is 1. The summed E-state index contributed by atoms with van der Waals surface area (Å²) >= 11 is 3.30. The van der Waals surface area contributed by atoms with Gasteiger partial charge in [-0.25, -0.2) is 0 Å². The van der Waals surface area contributed by atoms with Gasteiger partial charge in [0.15, 0.2) is 0 Å². The van der Waals surface area contributed by atoms with Crippen LogP contribution in [-0.2, 0) is 4.79 Å². The van der Waals surface area contributed by atoms with Crippen molar-refractivity contribution in [1.29, 1.82) is 0 Å². The molecule has 0 heterocycles. The Morgan fingerprint density at radius 1 is 1.50 bits per heavy atom. The Morgan fingerprint density at radius 2 is 2.10 bits per heavy atom. The summed E-state index contributed by atoms with van der Waals surface area (Å²) in [5, 5.41) is 22.8. The van der Waals surface area contributed by atoms with Gasteiger partial charge in [0.05, 0.1) is 4.92 Å². The van der Waals surface area contributed by atoms with E-state index < -0.39 is 16.4 Å². The predicted octanol–water partition coefficient (Wildman–Crippen LogP) is 3.72. The van der Waals surface area contributed by atoms with Gasteiger partial charge >= 0.3 is 5.97 Å². The van der Waals surface area contributed by atoms with E-state index in [9.17, 15) is 14.9 Å². The third-order valence-corrected chi connectivity index (χ3v) is 3.58. The number of nitrogens with zero attached hydrogens (tertiary/aromatic N) is 1. The highest BCUT2D eigenvalue weighted by atomic mass is 79.9. The Hall–Kier alpha value is -1.63. The smallest absolute Gasteiger partial charge is 0.303 e. The summed E-state index contributed by atoms with van der Waals surface area (Å²) in [4.78, 5) is 21.0. The molecule has 0 bridgehead atoms. The van der Waals surface area contributed by atoms with Crippen LogP contribution in [0.3, 0.4) is 0 Å². The summed E-state index contributed by atoms with van der Waals surface area (Å²) in [6.45, 7) is 5.44. The third-order valence-electron chi connectivity index (χ3n) is 2.92. The van der Waals surface area contributed by atoms with Crippen LogP contribution in [0.15, 0.2) is 16.6 Å². The molecule has 0 aliphatic rings. The first-order valence-electron chi connectivity index (χ1n) is 6.07.